The molecule has 138 valence electrons. The van der Waals surface area contributed by atoms with Gasteiger partial charge in [0.2, 0.25) is 5.56 Å². The molecule has 2 N–H and O–H groups in total. The summed E-state index contributed by atoms with van der Waals surface area (Å²) in [7, 11) is 1.77. The third-order valence-corrected chi connectivity index (χ3v) is 4.51. The van der Waals surface area contributed by atoms with Gasteiger partial charge in [0, 0.05) is 56.4 Å². The average molecular weight is 475 g/mol. The summed E-state index contributed by atoms with van der Waals surface area (Å²) in [4.78, 5) is 21.4. The monoisotopic (exact) mass is 475 g/mol. The van der Waals surface area contributed by atoms with Crippen molar-refractivity contribution in [3.63, 3.8) is 0 Å². The Morgan fingerprint density at radius 3 is 2.76 bits per heavy atom. The number of rotatable bonds is 8. The molecule has 0 spiro atoms. The molecule has 0 unspecified atom stereocenters. The van der Waals surface area contributed by atoms with Crippen molar-refractivity contribution in [3.05, 3.63) is 50.8 Å². The quantitative estimate of drug-likeness (QED) is 0.266. The van der Waals surface area contributed by atoms with Crippen LogP contribution in [0, 0.1) is 6.92 Å². The summed E-state index contributed by atoms with van der Waals surface area (Å²) in [5.41, 5.74) is 0.0559. The SMILES string of the molecule is CN=C(NCCCCn1ccccc1=O)NCCc1ncc(C)s1.I. The summed E-state index contributed by atoms with van der Waals surface area (Å²) in [5, 5.41) is 7.73. The van der Waals surface area contributed by atoms with Gasteiger partial charge in [-0.05, 0) is 25.8 Å². The normalized spacial score (nSPS) is 11.0. The molecule has 0 radical (unpaired) electrons. The molecule has 0 amide bonds. The second-order valence-electron chi connectivity index (χ2n) is 5.48. The molecule has 25 heavy (non-hydrogen) atoms. The lowest BCUT2D eigenvalue weighted by molar-refractivity contribution is 0.585. The van der Waals surface area contributed by atoms with E-state index in [4.69, 9.17) is 0 Å². The second-order valence-corrected chi connectivity index (χ2v) is 6.80. The summed E-state index contributed by atoms with van der Waals surface area (Å²) in [6.07, 6.45) is 6.57. The summed E-state index contributed by atoms with van der Waals surface area (Å²) in [5.74, 6) is 0.806. The number of hydrogen-bond acceptors (Lipinski definition) is 4. The van der Waals surface area contributed by atoms with Crippen LogP contribution in [-0.2, 0) is 13.0 Å². The maximum Gasteiger partial charge on any atom is 0.250 e. The van der Waals surface area contributed by atoms with Crippen LogP contribution >= 0.6 is 35.3 Å². The molecule has 0 bridgehead atoms. The lowest BCUT2D eigenvalue weighted by Gasteiger charge is -2.11. The van der Waals surface area contributed by atoms with Gasteiger partial charge >= 0.3 is 0 Å². The Morgan fingerprint density at radius 1 is 1.28 bits per heavy atom. The molecule has 2 aromatic heterocycles. The van der Waals surface area contributed by atoms with Crippen LogP contribution in [0.25, 0.3) is 0 Å². The van der Waals surface area contributed by atoms with E-state index in [9.17, 15) is 4.79 Å². The first-order valence-corrected chi connectivity index (χ1v) is 9.02. The average Bonchev–Trinajstić information content (AvgIpc) is 3.00. The van der Waals surface area contributed by atoms with Gasteiger partial charge in [-0.3, -0.25) is 9.79 Å². The Kier molecular flexibility index (Phi) is 10.4. The Hall–Kier alpha value is -1.42. The van der Waals surface area contributed by atoms with Gasteiger partial charge in [0.15, 0.2) is 5.96 Å². The molecule has 2 rings (SSSR count). The number of aliphatic imine (C=N–C) groups is 1. The van der Waals surface area contributed by atoms with Crippen LogP contribution in [0.15, 0.2) is 40.4 Å². The number of aromatic nitrogens is 2. The van der Waals surface area contributed by atoms with Crippen molar-refractivity contribution >= 4 is 41.3 Å². The molecule has 6 nitrogen and oxygen atoms in total. The van der Waals surface area contributed by atoms with Crippen molar-refractivity contribution in [1.82, 2.24) is 20.2 Å². The van der Waals surface area contributed by atoms with E-state index in [2.05, 4.69) is 27.5 Å². The van der Waals surface area contributed by atoms with E-state index in [1.54, 1.807) is 35.1 Å². The van der Waals surface area contributed by atoms with E-state index in [1.165, 1.54) is 4.88 Å². The maximum absolute atomic E-state index is 11.6. The highest BCUT2D eigenvalue weighted by atomic mass is 127. The molecule has 0 aliphatic rings. The van der Waals surface area contributed by atoms with Crippen LogP contribution in [0.3, 0.4) is 0 Å². The van der Waals surface area contributed by atoms with Crippen LogP contribution in [0.2, 0.25) is 0 Å². The Balaban J connectivity index is 0.00000312. The van der Waals surface area contributed by atoms with Gasteiger partial charge < -0.3 is 15.2 Å². The predicted molar refractivity (Wildman–Crippen MR) is 115 cm³/mol. The largest absolute Gasteiger partial charge is 0.356 e. The van der Waals surface area contributed by atoms with E-state index >= 15 is 0 Å². The van der Waals surface area contributed by atoms with Crippen molar-refractivity contribution in [3.8, 4) is 0 Å². The van der Waals surface area contributed by atoms with Crippen molar-refractivity contribution in [1.29, 1.82) is 0 Å². The fraction of sp³-hybridized carbons (Fsp3) is 0.471. The van der Waals surface area contributed by atoms with Crippen molar-refractivity contribution in [2.24, 2.45) is 4.99 Å². The minimum atomic E-state index is 0. The smallest absolute Gasteiger partial charge is 0.250 e. The minimum Gasteiger partial charge on any atom is -0.356 e. The molecule has 0 aliphatic carbocycles. The zero-order valence-corrected chi connectivity index (χ0v) is 17.8. The molecular formula is C17H26IN5OS. The number of halogens is 1. The molecule has 2 aromatic rings. The van der Waals surface area contributed by atoms with Gasteiger partial charge in [0.05, 0.1) is 5.01 Å². The van der Waals surface area contributed by atoms with E-state index in [0.717, 1.165) is 49.9 Å². The number of nitrogens with zero attached hydrogens (tertiary/aromatic N) is 3. The van der Waals surface area contributed by atoms with Gasteiger partial charge in [0.1, 0.15) is 0 Å². The van der Waals surface area contributed by atoms with Gasteiger partial charge in [-0.2, -0.15) is 0 Å². The van der Waals surface area contributed by atoms with Crippen LogP contribution in [-0.4, -0.2) is 35.6 Å². The number of nitrogens with one attached hydrogen (secondary N) is 2. The van der Waals surface area contributed by atoms with E-state index in [-0.39, 0.29) is 29.5 Å². The molecule has 0 fully saturated rings. The first-order chi connectivity index (χ1) is 11.7. The summed E-state index contributed by atoms with van der Waals surface area (Å²) in [6.45, 7) is 4.46. The third kappa shape index (κ3) is 8.00. The topological polar surface area (TPSA) is 71.3 Å². The van der Waals surface area contributed by atoms with Crippen LogP contribution < -0.4 is 16.2 Å². The number of guanidine groups is 1. The number of unbranched alkanes of at least 4 members (excludes halogenated alkanes) is 1. The molecule has 0 saturated carbocycles. The van der Waals surface area contributed by atoms with Gasteiger partial charge in [0.25, 0.3) is 0 Å². The highest BCUT2D eigenvalue weighted by molar-refractivity contribution is 14.0. The number of pyridine rings is 1. The molecule has 0 aliphatic heterocycles. The van der Waals surface area contributed by atoms with Crippen molar-refractivity contribution in [2.45, 2.75) is 32.7 Å². The highest BCUT2D eigenvalue weighted by Crippen LogP contribution is 2.10. The first kappa shape index (κ1) is 21.6. The summed E-state index contributed by atoms with van der Waals surface area (Å²) >= 11 is 1.73. The third-order valence-electron chi connectivity index (χ3n) is 3.54. The van der Waals surface area contributed by atoms with Crippen LogP contribution in [0.4, 0.5) is 0 Å². The highest BCUT2D eigenvalue weighted by Gasteiger charge is 2.01. The van der Waals surface area contributed by atoms with E-state index in [0.29, 0.717) is 0 Å². The zero-order valence-electron chi connectivity index (χ0n) is 14.7. The van der Waals surface area contributed by atoms with Crippen molar-refractivity contribution in [2.75, 3.05) is 20.1 Å². The standard InChI is InChI=1S/C17H25N5OS.HI/c1-14-13-21-15(24-14)8-10-20-17(18-2)19-9-4-6-12-22-11-5-3-7-16(22)23;/h3,5,7,11,13H,4,6,8-10,12H2,1-2H3,(H2,18,19,20);1H. The molecule has 0 aromatic carbocycles. The minimum absolute atomic E-state index is 0. The van der Waals surface area contributed by atoms with Crippen molar-refractivity contribution < 1.29 is 0 Å². The first-order valence-electron chi connectivity index (χ1n) is 8.20. The second kappa shape index (κ2) is 12.0. The molecule has 0 atom stereocenters. The number of hydrogen-bond donors (Lipinski definition) is 2. The fourth-order valence-electron chi connectivity index (χ4n) is 2.28. The van der Waals surface area contributed by atoms with Gasteiger partial charge in [-0.25, -0.2) is 4.98 Å². The molecule has 8 heteroatoms. The van der Waals surface area contributed by atoms with Crippen LogP contribution in [0.5, 0.6) is 0 Å². The van der Waals surface area contributed by atoms with Gasteiger partial charge in [-0.1, -0.05) is 6.07 Å². The lowest BCUT2D eigenvalue weighted by Crippen LogP contribution is -2.38. The van der Waals surface area contributed by atoms with E-state index in [1.807, 2.05) is 18.5 Å². The predicted octanol–water partition coefficient (Wildman–Crippen LogP) is 2.42. The molecular weight excluding hydrogens is 449 g/mol. The summed E-state index contributed by atoms with van der Waals surface area (Å²) < 4.78 is 1.74. The Bertz CT molecular complexity index is 713. The maximum atomic E-state index is 11.6. The number of thiazole rings is 1. The molecule has 0 saturated heterocycles. The Labute approximate surface area is 169 Å². The lowest BCUT2D eigenvalue weighted by atomic mass is 10.3. The van der Waals surface area contributed by atoms with E-state index < -0.39 is 0 Å². The Morgan fingerprint density at radius 2 is 2.08 bits per heavy atom. The van der Waals surface area contributed by atoms with Gasteiger partial charge in [-0.15, -0.1) is 35.3 Å². The van der Waals surface area contributed by atoms with Crippen LogP contribution in [0.1, 0.15) is 22.7 Å². The zero-order chi connectivity index (χ0) is 17.2. The molecule has 2 heterocycles. The fourth-order valence-corrected chi connectivity index (χ4v) is 3.07. The number of aryl methyl sites for hydroxylation is 2. The summed E-state index contributed by atoms with van der Waals surface area (Å²) in [6, 6.07) is 5.24.